The lowest BCUT2D eigenvalue weighted by molar-refractivity contribution is -0.136. The first-order chi connectivity index (χ1) is 10.1. The third-order valence-electron chi connectivity index (χ3n) is 2.94. The van der Waals surface area contributed by atoms with Crippen LogP contribution < -0.4 is 10.6 Å². The molecule has 0 heterocycles. The number of benzene rings is 1. The summed E-state index contributed by atoms with van der Waals surface area (Å²) in [6, 6.07) is 5.46. The standard InChI is InChI=1S/C15H21FN2O3/c1-3-4-7-11(10-21-2)17-14(19)15(20)18-13-9-6-5-8-12(13)16/h5-6,8-9,11H,3-4,7,10H2,1-2H3,(H,17,19)(H,18,20). The summed E-state index contributed by atoms with van der Waals surface area (Å²) in [5.74, 6) is -2.27. The molecule has 0 aromatic heterocycles. The monoisotopic (exact) mass is 296 g/mol. The zero-order valence-corrected chi connectivity index (χ0v) is 12.3. The first kappa shape index (κ1) is 17.1. The van der Waals surface area contributed by atoms with Crippen molar-refractivity contribution in [3.8, 4) is 0 Å². The van der Waals surface area contributed by atoms with E-state index in [1.807, 2.05) is 6.92 Å². The number of hydrogen-bond acceptors (Lipinski definition) is 3. The van der Waals surface area contributed by atoms with Gasteiger partial charge in [-0.25, -0.2) is 4.39 Å². The number of unbranched alkanes of at least 4 members (excludes halogenated alkanes) is 1. The summed E-state index contributed by atoms with van der Waals surface area (Å²) in [6.07, 6.45) is 2.63. The molecule has 1 atom stereocenters. The molecule has 1 unspecified atom stereocenters. The van der Waals surface area contributed by atoms with Gasteiger partial charge in [-0.3, -0.25) is 9.59 Å². The number of nitrogens with one attached hydrogen (secondary N) is 2. The molecule has 0 saturated heterocycles. The number of amides is 2. The Hall–Kier alpha value is -1.95. The van der Waals surface area contributed by atoms with Crippen LogP contribution in [0.3, 0.4) is 0 Å². The van der Waals surface area contributed by atoms with Crippen LogP contribution >= 0.6 is 0 Å². The molecule has 1 aromatic rings. The Morgan fingerprint density at radius 1 is 1.29 bits per heavy atom. The fourth-order valence-electron chi connectivity index (χ4n) is 1.84. The summed E-state index contributed by atoms with van der Waals surface area (Å²) in [6.45, 7) is 2.37. The molecule has 0 fully saturated rings. The Labute approximate surface area is 123 Å². The van der Waals surface area contributed by atoms with E-state index in [1.54, 1.807) is 6.07 Å². The van der Waals surface area contributed by atoms with Crippen LogP contribution in [-0.4, -0.2) is 31.6 Å². The molecule has 2 N–H and O–H groups in total. The molecule has 0 aliphatic rings. The summed E-state index contributed by atoms with van der Waals surface area (Å²) in [5, 5.41) is 4.84. The molecule has 116 valence electrons. The molecule has 6 heteroatoms. The SMILES string of the molecule is CCCCC(COC)NC(=O)C(=O)Nc1ccccc1F. The van der Waals surface area contributed by atoms with Gasteiger partial charge in [0.05, 0.1) is 18.3 Å². The maximum Gasteiger partial charge on any atom is 0.313 e. The van der Waals surface area contributed by atoms with Gasteiger partial charge in [-0.15, -0.1) is 0 Å². The minimum absolute atomic E-state index is 0.0190. The molecule has 1 aromatic carbocycles. The minimum Gasteiger partial charge on any atom is -0.383 e. The topological polar surface area (TPSA) is 67.4 Å². The Morgan fingerprint density at radius 2 is 2.00 bits per heavy atom. The number of carbonyl (C=O) groups is 2. The number of anilines is 1. The fraction of sp³-hybridized carbons (Fsp3) is 0.467. The third-order valence-corrected chi connectivity index (χ3v) is 2.94. The Kier molecular flexibility index (Phi) is 7.39. The summed E-state index contributed by atoms with van der Waals surface area (Å²) in [7, 11) is 1.53. The van der Waals surface area contributed by atoms with Gasteiger partial charge in [0.15, 0.2) is 0 Å². The summed E-state index contributed by atoms with van der Waals surface area (Å²) >= 11 is 0. The van der Waals surface area contributed by atoms with Crippen LogP contribution in [0.25, 0.3) is 0 Å². The fourth-order valence-corrected chi connectivity index (χ4v) is 1.84. The van der Waals surface area contributed by atoms with Crippen LogP contribution in [0.5, 0.6) is 0 Å². The predicted molar refractivity (Wildman–Crippen MR) is 78.4 cm³/mol. The van der Waals surface area contributed by atoms with Gasteiger partial charge in [0.2, 0.25) is 0 Å². The van der Waals surface area contributed by atoms with Crippen molar-refractivity contribution >= 4 is 17.5 Å². The molecule has 21 heavy (non-hydrogen) atoms. The third kappa shape index (κ3) is 5.91. The molecule has 0 radical (unpaired) electrons. The molecule has 1 rings (SSSR count). The van der Waals surface area contributed by atoms with Crippen molar-refractivity contribution < 1.29 is 18.7 Å². The highest BCUT2D eigenvalue weighted by atomic mass is 19.1. The molecule has 2 amide bonds. The lowest BCUT2D eigenvalue weighted by Crippen LogP contribution is -2.44. The number of halogens is 1. The molecular formula is C15H21FN2O3. The normalized spacial score (nSPS) is 11.8. The van der Waals surface area contributed by atoms with Crippen LogP contribution in [-0.2, 0) is 14.3 Å². The second-order valence-corrected chi connectivity index (χ2v) is 4.70. The quantitative estimate of drug-likeness (QED) is 0.757. The predicted octanol–water partition coefficient (Wildman–Crippen LogP) is 2.09. The van der Waals surface area contributed by atoms with Crippen LogP contribution in [0.1, 0.15) is 26.2 Å². The number of ether oxygens (including phenoxy) is 1. The molecule has 0 aliphatic carbocycles. The van der Waals surface area contributed by atoms with E-state index in [9.17, 15) is 14.0 Å². The number of hydrogen-bond donors (Lipinski definition) is 2. The highest BCUT2D eigenvalue weighted by molar-refractivity contribution is 6.39. The van der Waals surface area contributed by atoms with E-state index in [4.69, 9.17) is 4.74 Å². The highest BCUT2D eigenvalue weighted by Gasteiger charge is 2.19. The van der Waals surface area contributed by atoms with Crippen LogP contribution in [0.2, 0.25) is 0 Å². The van der Waals surface area contributed by atoms with E-state index < -0.39 is 17.6 Å². The summed E-state index contributed by atoms with van der Waals surface area (Å²) in [4.78, 5) is 23.6. The minimum atomic E-state index is -0.891. The average Bonchev–Trinajstić information content (AvgIpc) is 2.47. The van der Waals surface area contributed by atoms with E-state index in [0.717, 1.165) is 19.3 Å². The Morgan fingerprint density at radius 3 is 2.62 bits per heavy atom. The van der Waals surface area contributed by atoms with E-state index >= 15 is 0 Å². The Balaban J connectivity index is 2.56. The van der Waals surface area contributed by atoms with Crippen LogP contribution in [0.4, 0.5) is 10.1 Å². The van der Waals surface area contributed by atoms with Crippen molar-refractivity contribution in [2.45, 2.75) is 32.2 Å². The van der Waals surface area contributed by atoms with Gasteiger partial charge in [-0.2, -0.15) is 0 Å². The van der Waals surface area contributed by atoms with Gasteiger partial charge < -0.3 is 15.4 Å². The maximum atomic E-state index is 13.4. The van der Waals surface area contributed by atoms with Crippen LogP contribution in [0, 0.1) is 5.82 Å². The van der Waals surface area contributed by atoms with E-state index in [2.05, 4.69) is 10.6 Å². The highest BCUT2D eigenvalue weighted by Crippen LogP contribution is 2.12. The van der Waals surface area contributed by atoms with Crippen molar-refractivity contribution in [2.24, 2.45) is 0 Å². The first-order valence-corrected chi connectivity index (χ1v) is 6.93. The second-order valence-electron chi connectivity index (χ2n) is 4.70. The van der Waals surface area contributed by atoms with Crippen molar-refractivity contribution in [3.05, 3.63) is 30.1 Å². The van der Waals surface area contributed by atoms with Gasteiger partial charge in [0, 0.05) is 7.11 Å². The zero-order chi connectivity index (χ0) is 15.7. The molecule has 0 saturated carbocycles. The molecular weight excluding hydrogens is 275 g/mol. The summed E-state index contributed by atoms with van der Waals surface area (Å²) in [5.41, 5.74) is -0.0190. The van der Waals surface area contributed by atoms with Crippen LogP contribution in [0.15, 0.2) is 24.3 Å². The van der Waals surface area contributed by atoms with Gasteiger partial charge in [-0.1, -0.05) is 31.9 Å². The van der Waals surface area contributed by atoms with Crippen molar-refractivity contribution in [3.63, 3.8) is 0 Å². The van der Waals surface area contributed by atoms with Crippen molar-refractivity contribution in [2.75, 3.05) is 19.0 Å². The lowest BCUT2D eigenvalue weighted by atomic mass is 10.1. The van der Waals surface area contributed by atoms with Crippen molar-refractivity contribution in [1.29, 1.82) is 0 Å². The average molecular weight is 296 g/mol. The largest absolute Gasteiger partial charge is 0.383 e. The first-order valence-electron chi connectivity index (χ1n) is 6.93. The zero-order valence-electron chi connectivity index (χ0n) is 12.3. The molecule has 0 bridgehead atoms. The smallest absolute Gasteiger partial charge is 0.313 e. The van der Waals surface area contributed by atoms with Gasteiger partial charge in [-0.05, 0) is 18.6 Å². The number of rotatable bonds is 7. The van der Waals surface area contributed by atoms with E-state index in [0.29, 0.717) is 6.61 Å². The second kappa shape index (κ2) is 9.07. The molecule has 0 aliphatic heterocycles. The number of carbonyl (C=O) groups excluding carboxylic acids is 2. The molecule has 0 spiro atoms. The lowest BCUT2D eigenvalue weighted by Gasteiger charge is -2.17. The molecule has 5 nitrogen and oxygen atoms in total. The number of para-hydroxylation sites is 1. The van der Waals surface area contributed by atoms with Gasteiger partial charge in [0.1, 0.15) is 5.82 Å². The number of methoxy groups -OCH3 is 1. The van der Waals surface area contributed by atoms with E-state index in [-0.39, 0.29) is 11.7 Å². The van der Waals surface area contributed by atoms with E-state index in [1.165, 1.54) is 25.3 Å². The Bertz CT molecular complexity index is 480. The van der Waals surface area contributed by atoms with Gasteiger partial charge >= 0.3 is 11.8 Å². The van der Waals surface area contributed by atoms with Gasteiger partial charge in [0.25, 0.3) is 0 Å². The summed E-state index contributed by atoms with van der Waals surface area (Å²) < 4.78 is 18.4. The van der Waals surface area contributed by atoms with Crippen molar-refractivity contribution in [1.82, 2.24) is 5.32 Å². The maximum absolute atomic E-state index is 13.4.